The Labute approximate surface area is 121 Å². The lowest BCUT2D eigenvalue weighted by atomic mass is 10.0. The molecule has 0 aliphatic heterocycles. The number of hydrogen-bond donors (Lipinski definition) is 1. The van der Waals surface area contributed by atoms with Crippen molar-refractivity contribution in [3.63, 3.8) is 0 Å². The highest BCUT2D eigenvalue weighted by molar-refractivity contribution is 9.10. The zero-order valence-corrected chi connectivity index (χ0v) is 13.1. The van der Waals surface area contributed by atoms with Gasteiger partial charge in [-0.2, -0.15) is 11.3 Å². The minimum Gasteiger partial charge on any atom is -0.303 e. The van der Waals surface area contributed by atoms with E-state index in [1.54, 1.807) is 11.3 Å². The number of rotatable bonds is 5. The van der Waals surface area contributed by atoms with Gasteiger partial charge in [0, 0.05) is 16.6 Å². The van der Waals surface area contributed by atoms with E-state index in [-0.39, 0.29) is 0 Å². The molecule has 2 rings (SSSR count). The molecule has 0 aliphatic rings. The molecular formula is C15H18BrNS. The van der Waals surface area contributed by atoms with Gasteiger partial charge in [0.15, 0.2) is 0 Å². The van der Waals surface area contributed by atoms with Crippen LogP contribution in [0.1, 0.15) is 43.5 Å². The molecule has 1 N–H and O–H groups in total. The third-order valence-corrected chi connectivity index (χ3v) is 4.35. The van der Waals surface area contributed by atoms with Crippen molar-refractivity contribution in [1.82, 2.24) is 5.32 Å². The molecule has 0 bridgehead atoms. The summed E-state index contributed by atoms with van der Waals surface area (Å²) in [5, 5.41) is 8.04. The van der Waals surface area contributed by atoms with Crippen molar-refractivity contribution in [3.8, 4) is 0 Å². The van der Waals surface area contributed by atoms with Crippen LogP contribution in [-0.2, 0) is 0 Å². The van der Waals surface area contributed by atoms with Gasteiger partial charge in [0.2, 0.25) is 0 Å². The van der Waals surface area contributed by atoms with Crippen molar-refractivity contribution in [3.05, 3.63) is 56.7 Å². The summed E-state index contributed by atoms with van der Waals surface area (Å²) in [6.07, 6.45) is 1.09. The second-order valence-electron chi connectivity index (χ2n) is 4.46. The predicted molar refractivity (Wildman–Crippen MR) is 83.0 cm³/mol. The molecule has 1 heterocycles. The van der Waals surface area contributed by atoms with E-state index in [0.717, 1.165) is 10.9 Å². The van der Waals surface area contributed by atoms with E-state index < -0.39 is 0 Å². The van der Waals surface area contributed by atoms with E-state index >= 15 is 0 Å². The summed E-state index contributed by atoms with van der Waals surface area (Å²) in [5.74, 6) is 0. The minimum absolute atomic E-state index is 0.389. The lowest BCUT2D eigenvalue weighted by Crippen LogP contribution is -2.23. The molecule has 1 nitrogen and oxygen atoms in total. The van der Waals surface area contributed by atoms with Crippen LogP contribution in [0.25, 0.3) is 0 Å². The average Bonchev–Trinajstić information content (AvgIpc) is 2.89. The first-order valence-corrected chi connectivity index (χ1v) is 7.98. The monoisotopic (exact) mass is 323 g/mol. The summed E-state index contributed by atoms with van der Waals surface area (Å²) in [6, 6.07) is 11.5. The molecule has 18 heavy (non-hydrogen) atoms. The van der Waals surface area contributed by atoms with Gasteiger partial charge in [-0.3, -0.25) is 0 Å². The molecule has 0 radical (unpaired) electrons. The highest BCUT2D eigenvalue weighted by Crippen LogP contribution is 2.25. The summed E-state index contributed by atoms with van der Waals surface area (Å²) < 4.78 is 1.14. The normalized spacial score (nSPS) is 14.4. The van der Waals surface area contributed by atoms with Gasteiger partial charge in [-0.05, 0) is 53.4 Å². The van der Waals surface area contributed by atoms with Gasteiger partial charge in [-0.25, -0.2) is 0 Å². The lowest BCUT2D eigenvalue weighted by Gasteiger charge is -2.22. The summed E-state index contributed by atoms with van der Waals surface area (Å²) in [6.45, 7) is 4.45. The Morgan fingerprint density at radius 2 is 2.11 bits per heavy atom. The molecule has 0 amide bonds. The summed E-state index contributed by atoms with van der Waals surface area (Å²) in [5.41, 5.74) is 2.71. The van der Waals surface area contributed by atoms with Gasteiger partial charge in [0.25, 0.3) is 0 Å². The smallest absolute Gasteiger partial charge is 0.0323 e. The van der Waals surface area contributed by atoms with Crippen molar-refractivity contribution in [1.29, 1.82) is 0 Å². The first-order chi connectivity index (χ1) is 8.70. The molecule has 2 atom stereocenters. The molecule has 2 aromatic rings. The number of halogens is 1. The van der Waals surface area contributed by atoms with Crippen molar-refractivity contribution in [2.45, 2.75) is 32.4 Å². The van der Waals surface area contributed by atoms with E-state index in [9.17, 15) is 0 Å². The van der Waals surface area contributed by atoms with Crippen LogP contribution in [0.3, 0.4) is 0 Å². The molecular weight excluding hydrogens is 306 g/mol. The maximum Gasteiger partial charge on any atom is 0.0323 e. The maximum absolute atomic E-state index is 3.70. The zero-order chi connectivity index (χ0) is 13.0. The van der Waals surface area contributed by atoms with Crippen LogP contribution in [0.5, 0.6) is 0 Å². The third kappa shape index (κ3) is 3.44. The lowest BCUT2D eigenvalue weighted by molar-refractivity contribution is 0.457. The molecule has 1 aromatic heterocycles. The Morgan fingerprint density at radius 1 is 1.28 bits per heavy atom. The Hall–Kier alpha value is -0.640. The zero-order valence-electron chi connectivity index (χ0n) is 10.7. The van der Waals surface area contributed by atoms with E-state index in [2.05, 4.69) is 76.2 Å². The van der Waals surface area contributed by atoms with Crippen LogP contribution in [-0.4, -0.2) is 0 Å². The largest absolute Gasteiger partial charge is 0.303 e. The fraction of sp³-hybridized carbons (Fsp3) is 0.333. The first-order valence-electron chi connectivity index (χ1n) is 6.24. The summed E-state index contributed by atoms with van der Waals surface area (Å²) >= 11 is 5.29. The van der Waals surface area contributed by atoms with Gasteiger partial charge in [0.1, 0.15) is 0 Å². The van der Waals surface area contributed by atoms with Crippen LogP contribution < -0.4 is 5.32 Å². The van der Waals surface area contributed by atoms with Gasteiger partial charge in [-0.1, -0.05) is 35.0 Å². The minimum atomic E-state index is 0.389. The average molecular weight is 324 g/mol. The van der Waals surface area contributed by atoms with Gasteiger partial charge < -0.3 is 5.32 Å². The molecule has 1 aromatic carbocycles. The van der Waals surface area contributed by atoms with Gasteiger partial charge >= 0.3 is 0 Å². The summed E-state index contributed by atoms with van der Waals surface area (Å²) in [7, 11) is 0. The molecule has 96 valence electrons. The van der Waals surface area contributed by atoms with Crippen molar-refractivity contribution >= 4 is 27.3 Å². The van der Waals surface area contributed by atoms with Gasteiger partial charge in [0.05, 0.1) is 0 Å². The van der Waals surface area contributed by atoms with E-state index in [4.69, 9.17) is 0 Å². The molecule has 0 spiro atoms. The fourth-order valence-corrected chi connectivity index (χ4v) is 3.26. The quantitative estimate of drug-likeness (QED) is 0.785. The van der Waals surface area contributed by atoms with Crippen LogP contribution in [0, 0.1) is 0 Å². The standard InChI is InChI=1S/C15H18BrNS/c1-3-15(12-5-4-6-14(16)9-12)17-11(2)13-7-8-18-10-13/h4-11,15,17H,3H2,1-2H3. The Balaban J connectivity index is 2.10. The summed E-state index contributed by atoms with van der Waals surface area (Å²) in [4.78, 5) is 0. The van der Waals surface area contributed by atoms with E-state index in [1.165, 1.54) is 11.1 Å². The Morgan fingerprint density at radius 3 is 2.72 bits per heavy atom. The van der Waals surface area contributed by atoms with E-state index in [0.29, 0.717) is 12.1 Å². The van der Waals surface area contributed by atoms with Crippen molar-refractivity contribution < 1.29 is 0 Å². The van der Waals surface area contributed by atoms with E-state index in [1.807, 2.05) is 0 Å². The number of thiophene rings is 1. The molecule has 0 saturated heterocycles. The second kappa shape index (κ2) is 6.50. The number of hydrogen-bond acceptors (Lipinski definition) is 2. The highest BCUT2D eigenvalue weighted by Gasteiger charge is 2.14. The number of nitrogens with one attached hydrogen (secondary N) is 1. The predicted octanol–water partition coefficient (Wildman–Crippen LogP) is 5.31. The van der Waals surface area contributed by atoms with Crippen LogP contribution in [0.15, 0.2) is 45.6 Å². The maximum atomic E-state index is 3.70. The van der Waals surface area contributed by atoms with Crippen molar-refractivity contribution in [2.75, 3.05) is 0 Å². The first kappa shape index (κ1) is 13.8. The molecule has 0 saturated carbocycles. The number of benzene rings is 1. The SMILES string of the molecule is CCC(NC(C)c1ccsc1)c1cccc(Br)c1. The highest BCUT2D eigenvalue weighted by atomic mass is 79.9. The molecule has 0 fully saturated rings. The fourth-order valence-electron chi connectivity index (χ4n) is 2.09. The third-order valence-electron chi connectivity index (χ3n) is 3.15. The van der Waals surface area contributed by atoms with Crippen LogP contribution in [0.2, 0.25) is 0 Å². The van der Waals surface area contributed by atoms with Gasteiger partial charge in [-0.15, -0.1) is 0 Å². The van der Waals surface area contributed by atoms with Crippen LogP contribution >= 0.6 is 27.3 Å². The molecule has 2 unspecified atom stereocenters. The van der Waals surface area contributed by atoms with Crippen molar-refractivity contribution in [2.24, 2.45) is 0 Å². The molecule has 0 aliphatic carbocycles. The second-order valence-corrected chi connectivity index (χ2v) is 6.16. The van der Waals surface area contributed by atoms with Crippen LogP contribution in [0.4, 0.5) is 0 Å². The Kier molecular flexibility index (Phi) is 4.98. The topological polar surface area (TPSA) is 12.0 Å². The molecule has 3 heteroatoms. The Bertz CT molecular complexity index is 481.